The lowest BCUT2D eigenvalue weighted by molar-refractivity contribution is 0.743. The maximum absolute atomic E-state index is 5.95. The fourth-order valence-corrected chi connectivity index (χ4v) is 2.06. The molecule has 84 valence electrons. The van der Waals surface area contributed by atoms with Crippen molar-refractivity contribution >= 4 is 22.5 Å². The van der Waals surface area contributed by atoms with Gasteiger partial charge in [-0.05, 0) is 36.8 Å². The summed E-state index contributed by atoms with van der Waals surface area (Å²) < 4.78 is 0. The van der Waals surface area contributed by atoms with Crippen molar-refractivity contribution in [1.82, 2.24) is 4.98 Å². The molecule has 1 unspecified atom stereocenters. The van der Waals surface area contributed by atoms with Gasteiger partial charge in [-0.25, -0.2) is 0 Å². The number of fused-ring (bicyclic) bond motifs is 1. The first-order valence-corrected chi connectivity index (χ1v) is 5.76. The number of nitrogens with zero attached hydrogens (tertiary/aromatic N) is 1. The molecule has 1 heterocycles. The van der Waals surface area contributed by atoms with E-state index in [9.17, 15) is 0 Å². The van der Waals surface area contributed by atoms with Crippen molar-refractivity contribution < 1.29 is 0 Å². The SMILES string of the molecule is Cc1cc2cc(Cl)ccc2nc1C(C)CN. The van der Waals surface area contributed by atoms with Crippen molar-refractivity contribution in [1.29, 1.82) is 0 Å². The first-order chi connectivity index (χ1) is 7.61. The van der Waals surface area contributed by atoms with Gasteiger partial charge < -0.3 is 5.73 Å². The maximum Gasteiger partial charge on any atom is 0.0706 e. The molecule has 1 aromatic carbocycles. The van der Waals surface area contributed by atoms with Gasteiger partial charge in [-0.2, -0.15) is 0 Å². The number of halogens is 1. The summed E-state index contributed by atoms with van der Waals surface area (Å²) in [6.45, 7) is 4.78. The first kappa shape index (κ1) is 11.4. The third-order valence-corrected chi connectivity index (χ3v) is 3.06. The molecule has 0 amide bonds. The standard InChI is InChI=1S/C13H15ClN2/c1-8-5-10-6-11(14)3-4-12(10)16-13(8)9(2)7-15/h3-6,9H,7,15H2,1-2H3. The molecular weight excluding hydrogens is 220 g/mol. The molecule has 0 aliphatic carbocycles. The van der Waals surface area contributed by atoms with Gasteiger partial charge >= 0.3 is 0 Å². The average molecular weight is 235 g/mol. The molecule has 0 saturated carbocycles. The van der Waals surface area contributed by atoms with Crippen molar-refractivity contribution in [3.8, 4) is 0 Å². The molecule has 2 N–H and O–H groups in total. The summed E-state index contributed by atoms with van der Waals surface area (Å²) in [4.78, 5) is 4.65. The first-order valence-electron chi connectivity index (χ1n) is 5.38. The Balaban J connectivity index is 2.62. The van der Waals surface area contributed by atoms with Gasteiger partial charge in [-0.15, -0.1) is 0 Å². The summed E-state index contributed by atoms with van der Waals surface area (Å²) in [6, 6.07) is 7.87. The van der Waals surface area contributed by atoms with E-state index in [1.54, 1.807) is 0 Å². The number of aromatic nitrogens is 1. The minimum atomic E-state index is 0.292. The summed E-state index contributed by atoms with van der Waals surface area (Å²) in [7, 11) is 0. The molecule has 2 rings (SSSR count). The Hall–Kier alpha value is -1.12. The van der Waals surface area contributed by atoms with Gasteiger partial charge in [-0.1, -0.05) is 18.5 Å². The molecular formula is C13H15ClN2. The third kappa shape index (κ3) is 2.04. The van der Waals surface area contributed by atoms with Crippen molar-refractivity contribution in [3.05, 3.63) is 40.5 Å². The molecule has 16 heavy (non-hydrogen) atoms. The van der Waals surface area contributed by atoms with Crippen LogP contribution in [0.3, 0.4) is 0 Å². The summed E-state index contributed by atoms with van der Waals surface area (Å²) >= 11 is 5.95. The van der Waals surface area contributed by atoms with Crippen LogP contribution in [0.2, 0.25) is 5.02 Å². The number of benzene rings is 1. The third-order valence-electron chi connectivity index (χ3n) is 2.83. The van der Waals surface area contributed by atoms with Gasteiger partial charge in [0.1, 0.15) is 0 Å². The van der Waals surface area contributed by atoms with Gasteiger partial charge in [0.2, 0.25) is 0 Å². The summed E-state index contributed by atoms with van der Waals surface area (Å²) in [5, 5.41) is 1.83. The van der Waals surface area contributed by atoms with Gasteiger partial charge in [0.25, 0.3) is 0 Å². The second kappa shape index (κ2) is 4.40. The summed E-state index contributed by atoms with van der Waals surface area (Å²) in [6.07, 6.45) is 0. The molecule has 0 aliphatic heterocycles. The molecule has 1 atom stereocenters. The van der Waals surface area contributed by atoms with Crippen LogP contribution >= 0.6 is 11.6 Å². The Labute approximate surface area is 100 Å². The van der Waals surface area contributed by atoms with E-state index in [1.165, 1.54) is 5.56 Å². The minimum Gasteiger partial charge on any atom is -0.330 e. The second-order valence-corrected chi connectivity index (χ2v) is 4.60. The lowest BCUT2D eigenvalue weighted by atomic mass is 10.0. The van der Waals surface area contributed by atoms with Gasteiger partial charge in [0.15, 0.2) is 0 Å². The summed E-state index contributed by atoms with van der Waals surface area (Å²) in [5.74, 6) is 0.292. The molecule has 1 aromatic heterocycles. The molecule has 2 nitrogen and oxygen atoms in total. The van der Waals surface area contributed by atoms with E-state index < -0.39 is 0 Å². The molecule has 0 fully saturated rings. The highest BCUT2D eigenvalue weighted by atomic mass is 35.5. The van der Waals surface area contributed by atoms with E-state index in [0.29, 0.717) is 12.5 Å². The van der Waals surface area contributed by atoms with E-state index in [-0.39, 0.29) is 0 Å². The predicted molar refractivity (Wildman–Crippen MR) is 69.0 cm³/mol. The Morgan fingerprint density at radius 1 is 1.38 bits per heavy atom. The second-order valence-electron chi connectivity index (χ2n) is 4.16. The van der Waals surface area contributed by atoms with Crippen LogP contribution in [-0.4, -0.2) is 11.5 Å². The van der Waals surface area contributed by atoms with Crippen LogP contribution in [0.4, 0.5) is 0 Å². The zero-order chi connectivity index (χ0) is 11.7. The average Bonchev–Trinajstić information content (AvgIpc) is 2.27. The Morgan fingerprint density at radius 3 is 2.81 bits per heavy atom. The number of hydrogen-bond donors (Lipinski definition) is 1. The normalized spacial score (nSPS) is 13.0. The molecule has 0 radical (unpaired) electrons. The van der Waals surface area contributed by atoms with E-state index >= 15 is 0 Å². The molecule has 3 heteroatoms. The number of aryl methyl sites for hydroxylation is 1. The van der Waals surface area contributed by atoms with E-state index in [2.05, 4.69) is 24.9 Å². The van der Waals surface area contributed by atoms with Crippen LogP contribution in [0.15, 0.2) is 24.3 Å². The van der Waals surface area contributed by atoms with Crippen LogP contribution in [0.25, 0.3) is 10.9 Å². The fraction of sp³-hybridized carbons (Fsp3) is 0.308. The molecule has 2 aromatic rings. The molecule has 0 spiro atoms. The number of pyridine rings is 1. The van der Waals surface area contributed by atoms with Crippen molar-refractivity contribution in [2.45, 2.75) is 19.8 Å². The smallest absolute Gasteiger partial charge is 0.0706 e. The fourth-order valence-electron chi connectivity index (χ4n) is 1.88. The van der Waals surface area contributed by atoms with Crippen molar-refractivity contribution in [2.75, 3.05) is 6.54 Å². The number of hydrogen-bond acceptors (Lipinski definition) is 2. The molecule has 0 saturated heterocycles. The van der Waals surface area contributed by atoms with Gasteiger partial charge in [-0.3, -0.25) is 4.98 Å². The van der Waals surface area contributed by atoms with Crippen LogP contribution in [-0.2, 0) is 0 Å². The lowest BCUT2D eigenvalue weighted by Crippen LogP contribution is -2.11. The zero-order valence-electron chi connectivity index (χ0n) is 9.50. The Bertz CT molecular complexity index is 523. The van der Waals surface area contributed by atoms with Crippen LogP contribution < -0.4 is 5.73 Å². The van der Waals surface area contributed by atoms with Crippen LogP contribution in [0.1, 0.15) is 24.1 Å². The van der Waals surface area contributed by atoms with Gasteiger partial charge in [0, 0.05) is 28.6 Å². The summed E-state index contributed by atoms with van der Waals surface area (Å²) in [5.41, 5.74) is 8.91. The number of nitrogens with two attached hydrogens (primary N) is 1. The zero-order valence-corrected chi connectivity index (χ0v) is 10.3. The van der Waals surface area contributed by atoms with E-state index in [4.69, 9.17) is 17.3 Å². The quantitative estimate of drug-likeness (QED) is 0.866. The van der Waals surface area contributed by atoms with Crippen LogP contribution in [0.5, 0.6) is 0 Å². The maximum atomic E-state index is 5.95. The van der Waals surface area contributed by atoms with Crippen LogP contribution in [0, 0.1) is 6.92 Å². The highest BCUT2D eigenvalue weighted by molar-refractivity contribution is 6.31. The number of rotatable bonds is 2. The largest absolute Gasteiger partial charge is 0.330 e. The minimum absolute atomic E-state index is 0.292. The van der Waals surface area contributed by atoms with Crippen molar-refractivity contribution in [2.24, 2.45) is 5.73 Å². The van der Waals surface area contributed by atoms with Crippen molar-refractivity contribution in [3.63, 3.8) is 0 Å². The van der Waals surface area contributed by atoms with Gasteiger partial charge in [0.05, 0.1) is 5.52 Å². The highest BCUT2D eigenvalue weighted by Gasteiger charge is 2.09. The Morgan fingerprint density at radius 2 is 2.12 bits per heavy atom. The van der Waals surface area contributed by atoms with E-state index in [1.807, 2.05) is 18.2 Å². The Kier molecular flexibility index (Phi) is 3.13. The molecule has 0 bridgehead atoms. The molecule has 0 aliphatic rings. The highest BCUT2D eigenvalue weighted by Crippen LogP contribution is 2.23. The predicted octanol–water partition coefficient (Wildman–Crippen LogP) is 3.26. The van der Waals surface area contributed by atoms with E-state index in [0.717, 1.165) is 21.6 Å². The lowest BCUT2D eigenvalue weighted by Gasteiger charge is -2.12. The topological polar surface area (TPSA) is 38.9 Å². The monoisotopic (exact) mass is 234 g/mol.